The summed E-state index contributed by atoms with van der Waals surface area (Å²) < 4.78 is 14.1. The minimum atomic E-state index is -1.15. The van der Waals surface area contributed by atoms with Gasteiger partial charge in [-0.2, -0.15) is 4.98 Å². The lowest BCUT2D eigenvalue weighted by Gasteiger charge is -2.23. The molecular weight excluding hydrogens is 460 g/mol. The van der Waals surface area contributed by atoms with Crippen LogP contribution in [0.25, 0.3) is 0 Å². The van der Waals surface area contributed by atoms with Gasteiger partial charge in [0.2, 0.25) is 17.8 Å². The van der Waals surface area contributed by atoms with Crippen LogP contribution in [0, 0.1) is 12.7 Å². The lowest BCUT2D eigenvalue weighted by Crippen LogP contribution is -2.36. The third-order valence-corrected chi connectivity index (χ3v) is 5.21. The molecule has 2 aromatic carbocycles. The van der Waals surface area contributed by atoms with Gasteiger partial charge < -0.3 is 16.0 Å². The SMILES string of the molecule is Cc1ccc(NC(=O)[C@@H]2CC(=O)Nc3nc(Nc4cc(Cl)cc(Cl)c4)[nH]c(=O)c32)c(F)c1. The molecule has 0 radical (unpaired) electrons. The average Bonchev–Trinajstić information content (AvgIpc) is 2.68. The molecule has 2 heterocycles. The number of aromatic nitrogens is 2. The summed E-state index contributed by atoms with van der Waals surface area (Å²) in [6.07, 6.45) is -0.284. The molecule has 3 aromatic rings. The number of fused-ring (bicyclic) bond motifs is 1. The third-order valence-electron chi connectivity index (χ3n) is 4.78. The van der Waals surface area contributed by atoms with Crippen LogP contribution < -0.4 is 21.5 Å². The zero-order chi connectivity index (χ0) is 23.0. The molecule has 0 aliphatic carbocycles. The molecule has 4 N–H and O–H groups in total. The molecule has 0 saturated heterocycles. The van der Waals surface area contributed by atoms with E-state index in [-0.39, 0.29) is 29.4 Å². The van der Waals surface area contributed by atoms with Crippen LogP contribution in [0.4, 0.5) is 27.5 Å². The lowest BCUT2D eigenvalue weighted by atomic mass is 9.92. The van der Waals surface area contributed by atoms with Gasteiger partial charge in [0.15, 0.2) is 0 Å². The summed E-state index contributed by atoms with van der Waals surface area (Å²) in [7, 11) is 0. The first-order valence-electron chi connectivity index (χ1n) is 9.44. The van der Waals surface area contributed by atoms with E-state index in [0.717, 1.165) is 0 Å². The Morgan fingerprint density at radius 3 is 2.56 bits per heavy atom. The Balaban J connectivity index is 1.65. The van der Waals surface area contributed by atoms with Gasteiger partial charge in [-0.15, -0.1) is 0 Å². The number of carbonyl (C=O) groups is 2. The maximum absolute atomic E-state index is 14.1. The topological polar surface area (TPSA) is 116 Å². The molecule has 164 valence electrons. The van der Waals surface area contributed by atoms with E-state index in [2.05, 4.69) is 25.9 Å². The highest BCUT2D eigenvalue weighted by atomic mass is 35.5. The Morgan fingerprint density at radius 1 is 1.16 bits per heavy atom. The Morgan fingerprint density at radius 2 is 1.88 bits per heavy atom. The Kier molecular flexibility index (Phi) is 5.86. The van der Waals surface area contributed by atoms with Crippen LogP contribution in [0.3, 0.4) is 0 Å². The maximum atomic E-state index is 14.1. The molecule has 2 amide bonds. The Hall–Kier alpha value is -3.43. The van der Waals surface area contributed by atoms with Gasteiger partial charge in [0.25, 0.3) is 5.56 Å². The number of anilines is 4. The fourth-order valence-electron chi connectivity index (χ4n) is 3.36. The number of benzene rings is 2. The second-order valence-electron chi connectivity index (χ2n) is 7.24. The number of nitrogens with one attached hydrogen (secondary N) is 4. The first-order valence-corrected chi connectivity index (χ1v) is 10.2. The predicted molar refractivity (Wildman–Crippen MR) is 120 cm³/mol. The van der Waals surface area contributed by atoms with E-state index < -0.39 is 29.1 Å². The zero-order valence-electron chi connectivity index (χ0n) is 16.6. The van der Waals surface area contributed by atoms with Crippen molar-refractivity contribution in [1.82, 2.24) is 9.97 Å². The van der Waals surface area contributed by atoms with Crippen LogP contribution in [0.2, 0.25) is 10.0 Å². The molecule has 1 atom stereocenters. The van der Waals surface area contributed by atoms with Gasteiger partial charge >= 0.3 is 0 Å². The maximum Gasteiger partial charge on any atom is 0.258 e. The average molecular weight is 476 g/mol. The fourth-order valence-corrected chi connectivity index (χ4v) is 3.88. The number of halogens is 3. The second kappa shape index (κ2) is 8.60. The molecule has 8 nitrogen and oxygen atoms in total. The number of aryl methyl sites for hydroxylation is 1. The van der Waals surface area contributed by atoms with Crippen molar-refractivity contribution in [3.05, 3.63) is 73.7 Å². The van der Waals surface area contributed by atoms with E-state index in [1.54, 1.807) is 25.1 Å². The standard InChI is InChI=1S/C21H16Cl2FN5O3/c1-9-2-3-15(14(24)4-9)26-19(31)13-8-16(30)27-18-17(13)20(32)29-21(28-18)25-12-6-10(22)5-11(23)7-12/h2-7,13H,8H2,1H3,(H,26,31)(H3,25,27,28,29,30,32)/t13-/m1/s1. The first kappa shape index (κ1) is 21.8. The number of H-pyrrole nitrogens is 1. The molecular formula is C21H16Cl2FN5O3. The predicted octanol–water partition coefficient (Wildman–Crippen LogP) is 4.33. The van der Waals surface area contributed by atoms with Crippen molar-refractivity contribution in [2.45, 2.75) is 19.3 Å². The van der Waals surface area contributed by atoms with Gasteiger partial charge in [0, 0.05) is 22.2 Å². The fraction of sp³-hybridized carbons (Fsp3) is 0.143. The zero-order valence-corrected chi connectivity index (χ0v) is 18.1. The summed E-state index contributed by atoms with van der Waals surface area (Å²) in [5, 5.41) is 8.53. The number of carbonyl (C=O) groups excluding carboxylic acids is 2. The number of rotatable bonds is 4. The largest absolute Gasteiger partial charge is 0.326 e. The van der Waals surface area contributed by atoms with Crippen LogP contribution >= 0.6 is 23.2 Å². The molecule has 4 rings (SSSR count). The molecule has 0 fully saturated rings. The molecule has 0 saturated carbocycles. The molecule has 0 spiro atoms. The summed E-state index contributed by atoms with van der Waals surface area (Å²) in [5.41, 5.74) is 0.439. The Bertz CT molecular complexity index is 1290. The summed E-state index contributed by atoms with van der Waals surface area (Å²) in [6, 6.07) is 8.99. The molecule has 1 aliphatic rings. The van der Waals surface area contributed by atoms with Gasteiger partial charge in [-0.25, -0.2) is 4.39 Å². The normalized spacial score (nSPS) is 15.0. The van der Waals surface area contributed by atoms with E-state index in [4.69, 9.17) is 23.2 Å². The van der Waals surface area contributed by atoms with Crippen molar-refractivity contribution in [3.8, 4) is 0 Å². The van der Waals surface area contributed by atoms with Crippen molar-refractivity contribution < 1.29 is 14.0 Å². The molecule has 1 aliphatic heterocycles. The van der Waals surface area contributed by atoms with Crippen LogP contribution in [0.15, 0.2) is 41.2 Å². The molecule has 11 heteroatoms. The highest BCUT2D eigenvalue weighted by molar-refractivity contribution is 6.35. The van der Waals surface area contributed by atoms with Crippen molar-refractivity contribution in [2.24, 2.45) is 0 Å². The van der Waals surface area contributed by atoms with Gasteiger partial charge in [0.1, 0.15) is 11.6 Å². The third kappa shape index (κ3) is 4.58. The van der Waals surface area contributed by atoms with Crippen LogP contribution in [-0.2, 0) is 9.59 Å². The van der Waals surface area contributed by atoms with E-state index in [0.29, 0.717) is 21.3 Å². The number of hydrogen-bond donors (Lipinski definition) is 4. The second-order valence-corrected chi connectivity index (χ2v) is 8.11. The smallest absolute Gasteiger partial charge is 0.258 e. The summed E-state index contributed by atoms with van der Waals surface area (Å²) in [4.78, 5) is 44.6. The summed E-state index contributed by atoms with van der Waals surface area (Å²) in [5.74, 6) is -3.02. The number of hydrogen-bond acceptors (Lipinski definition) is 5. The van der Waals surface area contributed by atoms with Crippen LogP contribution in [0.5, 0.6) is 0 Å². The molecule has 1 aromatic heterocycles. The molecule has 32 heavy (non-hydrogen) atoms. The number of aromatic amines is 1. The molecule has 0 unspecified atom stereocenters. The van der Waals surface area contributed by atoms with Crippen molar-refractivity contribution in [2.75, 3.05) is 16.0 Å². The van der Waals surface area contributed by atoms with Crippen LogP contribution in [0.1, 0.15) is 23.5 Å². The highest BCUT2D eigenvalue weighted by Gasteiger charge is 2.35. The van der Waals surface area contributed by atoms with Gasteiger partial charge in [-0.1, -0.05) is 29.3 Å². The monoisotopic (exact) mass is 475 g/mol. The minimum absolute atomic E-state index is 0.0121. The van der Waals surface area contributed by atoms with Gasteiger partial charge in [-0.05, 0) is 42.8 Å². The lowest BCUT2D eigenvalue weighted by molar-refractivity contribution is -0.123. The van der Waals surface area contributed by atoms with E-state index in [9.17, 15) is 18.8 Å². The van der Waals surface area contributed by atoms with Crippen molar-refractivity contribution >= 4 is 58.2 Å². The van der Waals surface area contributed by atoms with Gasteiger partial charge in [-0.3, -0.25) is 19.4 Å². The summed E-state index contributed by atoms with van der Waals surface area (Å²) >= 11 is 12.0. The first-order chi connectivity index (χ1) is 15.2. The van der Waals surface area contributed by atoms with E-state index in [1.807, 2.05) is 0 Å². The molecule has 0 bridgehead atoms. The number of amides is 2. The van der Waals surface area contributed by atoms with E-state index in [1.165, 1.54) is 18.2 Å². The Labute approximate surface area is 191 Å². The van der Waals surface area contributed by atoms with Gasteiger partial charge in [0.05, 0.1) is 17.2 Å². The van der Waals surface area contributed by atoms with E-state index >= 15 is 0 Å². The quantitative estimate of drug-likeness (QED) is 0.448. The number of nitrogens with zero attached hydrogens (tertiary/aromatic N) is 1. The minimum Gasteiger partial charge on any atom is -0.326 e. The summed E-state index contributed by atoms with van der Waals surface area (Å²) in [6.45, 7) is 1.71. The highest BCUT2D eigenvalue weighted by Crippen LogP contribution is 2.31. The van der Waals surface area contributed by atoms with Crippen molar-refractivity contribution in [3.63, 3.8) is 0 Å². The van der Waals surface area contributed by atoms with Crippen molar-refractivity contribution in [1.29, 1.82) is 0 Å². The van der Waals surface area contributed by atoms with Crippen LogP contribution in [-0.4, -0.2) is 21.8 Å².